The number of hydrogen-bond acceptors (Lipinski definition) is 5. The maximum Gasteiger partial charge on any atom is 0.254 e. The van der Waals surface area contributed by atoms with Crippen molar-refractivity contribution in [2.75, 3.05) is 41.5 Å². The number of benzene rings is 2. The molecule has 176 valence electrons. The van der Waals surface area contributed by atoms with Gasteiger partial charge in [0.2, 0.25) is 5.75 Å². The first-order valence-electron chi connectivity index (χ1n) is 11.4. The lowest BCUT2D eigenvalue weighted by Gasteiger charge is -2.27. The van der Waals surface area contributed by atoms with E-state index in [4.69, 9.17) is 14.2 Å². The van der Waals surface area contributed by atoms with Crippen LogP contribution in [0.2, 0.25) is 0 Å². The number of aromatic amines is 1. The molecule has 4 rings (SSSR count). The number of nitrogens with one attached hydrogen (secondary N) is 1. The molecule has 0 bridgehead atoms. The fourth-order valence-electron chi connectivity index (χ4n) is 4.71. The second-order valence-corrected chi connectivity index (χ2v) is 8.59. The van der Waals surface area contributed by atoms with E-state index >= 15 is 0 Å². The van der Waals surface area contributed by atoms with Gasteiger partial charge in [-0.25, -0.2) is 0 Å². The number of carbonyl (C=O) groups is 1. The van der Waals surface area contributed by atoms with E-state index in [2.05, 4.69) is 35.1 Å². The second kappa shape index (κ2) is 10.2. The van der Waals surface area contributed by atoms with Crippen LogP contribution < -0.4 is 14.2 Å². The number of amides is 1. The normalized spacial score (nSPS) is 16.2. The van der Waals surface area contributed by atoms with Crippen molar-refractivity contribution in [1.82, 2.24) is 14.8 Å². The van der Waals surface area contributed by atoms with Gasteiger partial charge in [0.1, 0.15) is 0 Å². The van der Waals surface area contributed by atoms with Crippen LogP contribution in [0.4, 0.5) is 0 Å². The lowest BCUT2D eigenvalue weighted by molar-refractivity contribution is 0.0726. The van der Waals surface area contributed by atoms with E-state index in [-0.39, 0.29) is 5.91 Å². The largest absolute Gasteiger partial charge is 0.493 e. The number of fused-ring (bicyclic) bond motifs is 1. The Morgan fingerprint density at radius 3 is 2.42 bits per heavy atom. The zero-order valence-electron chi connectivity index (χ0n) is 19.9. The topological polar surface area (TPSA) is 67.0 Å². The molecule has 1 aliphatic heterocycles. The van der Waals surface area contributed by atoms with Crippen LogP contribution >= 0.6 is 0 Å². The number of likely N-dealkylation sites (tertiary alicyclic amines) is 1. The van der Waals surface area contributed by atoms with Crippen LogP contribution in [0.1, 0.15) is 35.3 Å². The Hall–Kier alpha value is -3.19. The quantitative estimate of drug-likeness (QED) is 0.525. The number of hydrogen-bond donors (Lipinski definition) is 1. The van der Waals surface area contributed by atoms with Crippen LogP contribution in [-0.2, 0) is 6.54 Å². The fourth-order valence-corrected chi connectivity index (χ4v) is 4.71. The molecule has 1 amide bonds. The first-order chi connectivity index (χ1) is 16.0. The molecule has 0 aliphatic carbocycles. The SMILES string of the molecule is COc1cc(C(=O)N(CCC2CCCN2C)Cc2cc3ccccc3[nH]2)cc(OC)c1OC. The van der Waals surface area contributed by atoms with Crippen molar-refractivity contribution in [3.8, 4) is 17.2 Å². The summed E-state index contributed by atoms with van der Waals surface area (Å²) in [6.45, 7) is 2.29. The van der Waals surface area contributed by atoms with Gasteiger partial charge in [0.05, 0.1) is 27.9 Å². The van der Waals surface area contributed by atoms with Crippen molar-refractivity contribution < 1.29 is 19.0 Å². The fraction of sp³-hybridized carbons (Fsp3) is 0.423. The molecule has 2 aromatic carbocycles. The molecular formula is C26H33N3O4. The van der Waals surface area contributed by atoms with Crippen LogP contribution in [0.3, 0.4) is 0 Å². The van der Waals surface area contributed by atoms with Crippen LogP contribution in [0.5, 0.6) is 17.2 Å². The van der Waals surface area contributed by atoms with Crippen molar-refractivity contribution in [2.45, 2.75) is 31.8 Å². The maximum absolute atomic E-state index is 13.7. The Morgan fingerprint density at radius 1 is 1.09 bits per heavy atom. The molecule has 0 radical (unpaired) electrons. The molecule has 1 saturated heterocycles. The first-order valence-corrected chi connectivity index (χ1v) is 11.4. The summed E-state index contributed by atoms with van der Waals surface area (Å²) in [4.78, 5) is 21.5. The van der Waals surface area contributed by atoms with Crippen molar-refractivity contribution >= 4 is 16.8 Å². The Bertz CT molecular complexity index is 1050. The van der Waals surface area contributed by atoms with Crippen molar-refractivity contribution in [2.24, 2.45) is 0 Å². The van der Waals surface area contributed by atoms with Gasteiger partial charge in [-0.15, -0.1) is 0 Å². The monoisotopic (exact) mass is 451 g/mol. The standard InChI is InChI=1S/C26H33N3O4/c1-28-12-7-9-21(28)11-13-29(17-20-14-18-8-5-6-10-22(18)27-20)26(30)19-15-23(31-2)25(33-4)24(16-19)32-3/h5-6,8,10,14-16,21,27H,7,9,11-13,17H2,1-4H3. The summed E-state index contributed by atoms with van der Waals surface area (Å²) in [5.74, 6) is 1.36. The van der Waals surface area contributed by atoms with Gasteiger partial charge in [-0.05, 0) is 62.5 Å². The number of ether oxygens (including phenoxy) is 3. The van der Waals surface area contributed by atoms with E-state index in [0.717, 1.165) is 29.6 Å². The molecule has 1 N–H and O–H groups in total. The van der Waals surface area contributed by atoms with Crippen LogP contribution in [-0.4, -0.2) is 68.2 Å². The first kappa shape index (κ1) is 23.0. The van der Waals surface area contributed by atoms with Crippen molar-refractivity contribution in [3.05, 3.63) is 53.7 Å². The number of rotatable bonds is 9. The number of para-hydroxylation sites is 1. The molecule has 1 fully saturated rings. The zero-order chi connectivity index (χ0) is 23.4. The smallest absolute Gasteiger partial charge is 0.254 e. The highest BCUT2D eigenvalue weighted by molar-refractivity contribution is 5.95. The average Bonchev–Trinajstić information content (AvgIpc) is 3.45. The predicted molar refractivity (Wildman–Crippen MR) is 129 cm³/mol. The summed E-state index contributed by atoms with van der Waals surface area (Å²) < 4.78 is 16.4. The van der Waals surface area contributed by atoms with Gasteiger partial charge in [0, 0.05) is 29.4 Å². The van der Waals surface area contributed by atoms with E-state index in [9.17, 15) is 4.79 Å². The van der Waals surface area contributed by atoms with Gasteiger partial charge in [-0.2, -0.15) is 0 Å². The van der Waals surface area contributed by atoms with Crippen LogP contribution in [0.15, 0.2) is 42.5 Å². The minimum atomic E-state index is -0.0615. The van der Waals surface area contributed by atoms with Gasteiger partial charge in [0.25, 0.3) is 5.91 Å². The molecule has 0 spiro atoms. The molecule has 3 aromatic rings. The Morgan fingerprint density at radius 2 is 1.82 bits per heavy atom. The molecule has 7 heteroatoms. The van der Waals surface area contributed by atoms with Gasteiger partial charge in [-0.1, -0.05) is 18.2 Å². The van der Waals surface area contributed by atoms with E-state index in [1.807, 2.05) is 17.0 Å². The third kappa shape index (κ3) is 4.93. The van der Waals surface area contributed by atoms with Crippen LogP contribution in [0, 0.1) is 0 Å². The zero-order valence-corrected chi connectivity index (χ0v) is 19.9. The summed E-state index contributed by atoms with van der Waals surface area (Å²) in [5.41, 5.74) is 2.60. The molecule has 1 unspecified atom stereocenters. The molecule has 7 nitrogen and oxygen atoms in total. The molecule has 0 saturated carbocycles. The Kier molecular flexibility index (Phi) is 7.08. The van der Waals surface area contributed by atoms with Gasteiger partial charge in [-0.3, -0.25) is 4.79 Å². The molecule has 2 heterocycles. The summed E-state index contributed by atoms with van der Waals surface area (Å²) in [6, 6.07) is 14.2. The van der Waals surface area contributed by atoms with Gasteiger partial charge in [0.15, 0.2) is 11.5 Å². The summed E-state index contributed by atoms with van der Waals surface area (Å²) in [6.07, 6.45) is 3.33. The minimum absolute atomic E-state index is 0.0615. The third-order valence-corrected chi connectivity index (χ3v) is 6.55. The highest BCUT2D eigenvalue weighted by atomic mass is 16.5. The number of methoxy groups -OCH3 is 3. The van der Waals surface area contributed by atoms with E-state index < -0.39 is 0 Å². The maximum atomic E-state index is 13.7. The molecule has 1 aromatic heterocycles. The second-order valence-electron chi connectivity index (χ2n) is 8.59. The molecule has 1 aliphatic rings. The average molecular weight is 452 g/mol. The minimum Gasteiger partial charge on any atom is -0.493 e. The van der Waals surface area contributed by atoms with E-state index in [1.165, 1.54) is 12.8 Å². The highest BCUT2D eigenvalue weighted by Crippen LogP contribution is 2.38. The Balaban J connectivity index is 1.63. The van der Waals surface area contributed by atoms with E-state index in [0.29, 0.717) is 41.9 Å². The number of nitrogens with zero attached hydrogens (tertiary/aromatic N) is 2. The number of carbonyl (C=O) groups excluding carboxylic acids is 1. The molecule has 1 atom stereocenters. The highest BCUT2D eigenvalue weighted by Gasteiger charge is 2.25. The Labute approximate surface area is 195 Å². The van der Waals surface area contributed by atoms with Crippen LogP contribution in [0.25, 0.3) is 10.9 Å². The van der Waals surface area contributed by atoms with E-state index in [1.54, 1.807) is 33.5 Å². The summed E-state index contributed by atoms with van der Waals surface area (Å²) in [7, 11) is 6.84. The van der Waals surface area contributed by atoms with Crippen molar-refractivity contribution in [1.29, 1.82) is 0 Å². The molecular weight excluding hydrogens is 418 g/mol. The summed E-state index contributed by atoms with van der Waals surface area (Å²) >= 11 is 0. The third-order valence-electron chi connectivity index (χ3n) is 6.55. The number of aromatic nitrogens is 1. The van der Waals surface area contributed by atoms with Crippen molar-refractivity contribution in [3.63, 3.8) is 0 Å². The lowest BCUT2D eigenvalue weighted by Crippen LogP contribution is -2.35. The predicted octanol–water partition coefficient (Wildman–Crippen LogP) is 4.32. The lowest BCUT2D eigenvalue weighted by atomic mass is 10.1. The number of H-pyrrole nitrogens is 1. The molecule has 33 heavy (non-hydrogen) atoms. The summed E-state index contributed by atoms with van der Waals surface area (Å²) in [5, 5.41) is 1.14. The van der Waals surface area contributed by atoms with Gasteiger partial charge >= 0.3 is 0 Å². The van der Waals surface area contributed by atoms with Gasteiger partial charge < -0.3 is 29.0 Å².